The molecule has 6 heteroatoms. The van der Waals surface area contributed by atoms with Crippen LogP contribution in [0.25, 0.3) is 0 Å². The number of carbonyl (C=O) groups excluding carboxylic acids is 1. The number of ether oxygens (including phenoxy) is 1. The number of hydrazone groups is 1. The first-order valence-electron chi connectivity index (χ1n) is 6.70. The molecule has 0 radical (unpaired) electrons. The zero-order chi connectivity index (χ0) is 16.0. The van der Waals surface area contributed by atoms with Crippen molar-refractivity contribution in [2.24, 2.45) is 11.0 Å². The van der Waals surface area contributed by atoms with E-state index < -0.39 is 0 Å². The van der Waals surface area contributed by atoms with E-state index in [4.69, 9.17) is 4.74 Å². The lowest BCUT2D eigenvalue weighted by atomic mass is 10.1. The molecule has 0 aliphatic heterocycles. The lowest BCUT2D eigenvalue weighted by Gasteiger charge is -2.11. The molecule has 0 spiro atoms. The van der Waals surface area contributed by atoms with Crippen LogP contribution in [0.5, 0.6) is 5.75 Å². The highest BCUT2D eigenvalue weighted by Crippen LogP contribution is 2.32. The Balaban J connectivity index is 2.54. The number of carbonyl (C=O) groups is 1. The van der Waals surface area contributed by atoms with E-state index in [2.05, 4.69) is 56.2 Å². The van der Waals surface area contributed by atoms with Gasteiger partial charge in [0.2, 0.25) is 0 Å². The van der Waals surface area contributed by atoms with Gasteiger partial charge in [0.25, 0.3) is 5.91 Å². The van der Waals surface area contributed by atoms with Gasteiger partial charge in [0.1, 0.15) is 5.75 Å². The molecule has 1 rings (SSSR count). The van der Waals surface area contributed by atoms with Crippen molar-refractivity contribution < 1.29 is 9.53 Å². The van der Waals surface area contributed by atoms with Crippen molar-refractivity contribution in [1.29, 1.82) is 0 Å². The summed E-state index contributed by atoms with van der Waals surface area (Å²) in [6, 6.07) is 3.81. The summed E-state index contributed by atoms with van der Waals surface area (Å²) in [7, 11) is 0. The lowest BCUT2D eigenvalue weighted by molar-refractivity contribution is -0.123. The van der Waals surface area contributed by atoms with Crippen LogP contribution in [0.1, 0.15) is 32.8 Å². The van der Waals surface area contributed by atoms with Gasteiger partial charge >= 0.3 is 0 Å². The average molecular weight is 420 g/mol. The largest absolute Gasteiger partial charge is 0.482 e. The topological polar surface area (TPSA) is 50.7 Å². The lowest BCUT2D eigenvalue weighted by Crippen LogP contribution is -2.26. The van der Waals surface area contributed by atoms with E-state index in [1.54, 1.807) is 0 Å². The smallest absolute Gasteiger partial charge is 0.277 e. The number of hydrogen-bond donors (Lipinski definition) is 1. The fourth-order valence-corrected chi connectivity index (χ4v) is 3.39. The summed E-state index contributed by atoms with van der Waals surface area (Å²) in [4.78, 5) is 11.7. The molecular formula is C15H20Br2N2O2. The molecule has 0 aliphatic carbocycles. The predicted molar refractivity (Wildman–Crippen MR) is 92.8 cm³/mol. The van der Waals surface area contributed by atoms with E-state index >= 15 is 0 Å². The van der Waals surface area contributed by atoms with E-state index in [1.807, 2.05) is 26.0 Å². The van der Waals surface area contributed by atoms with Gasteiger partial charge in [0.15, 0.2) is 6.61 Å². The number of benzene rings is 1. The minimum absolute atomic E-state index is 0.0699. The second kappa shape index (κ2) is 8.54. The normalized spacial score (nSPS) is 11.7. The molecule has 0 atom stereocenters. The number of nitrogens with one attached hydrogen (secondary N) is 1. The van der Waals surface area contributed by atoms with Gasteiger partial charge in [-0.25, -0.2) is 5.43 Å². The predicted octanol–water partition coefficient (Wildman–Crippen LogP) is 4.44. The first-order chi connectivity index (χ1) is 9.79. The monoisotopic (exact) mass is 418 g/mol. The quantitative estimate of drug-likeness (QED) is 0.547. The molecule has 0 saturated heterocycles. The Morgan fingerprint density at radius 1 is 1.38 bits per heavy atom. The third kappa shape index (κ3) is 6.61. The molecule has 0 fully saturated rings. The van der Waals surface area contributed by atoms with Crippen molar-refractivity contribution in [3.8, 4) is 5.75 Å². The summed E-state index contributed by atoms with van der Waals surface area (Å²) < 4.78 is 7.31. The van der Waals surface area contributed by atoms with Crippen LogP contribution < -0.4 is 10.2 Å². The third-order valence-electron chi connectivity index (χ3n) is 2.62. The van der Waals surface area contributed by atoms with Crippen molar-refractivity contribution >= 4 is 43.5 Å². The molecule has 0 unspecified atom stereocenters. The van der Waals surface area contributed by atoms with Gasteiger partial charge in [-0.05, 0) is 59.8 Å². The van der Waals surface area contributed by atoms with Gasteiger partial charge in [-0.15, -0.1) is 0 Å². The molecule has 1 aromatic carbocycles. The van der Waals surface area contributed by atoms with E-state index in [-0.39, 0.29) is 12.5 Å². The maximum Gasteiger partial charge on any atom is 0.277 e. The van der Waals surface area contributed by atoms with Crippen LogP contribution in [-0.4, -0.2) is 18.2 Å². The van der Waals surface area contributed by atoms with Crippen molar-refractivity contribution in [2.75, 3.05) is 6.61 Å². The number of nitrogens with zero attached hydrogens (tertiary/aromatic N) is 1. The van der Waals surface area contributed by atoms with Crippen molar-refractivity contribution in [1.82, 2.24) is 5.43 Å². The second-order valence-electron chi connectivity index (χ2n) is 5.30. The number of halogens is 2. The fraction of sp³-hybridized carbons (Fsp3) is 0.467. The summed E-state index contributed by atoms with van der Waals surface area (Å²) in [6.45, 7) is 7.97. The maximum absolute atomic E-state index is 11.7. The standard InChI is InChI=1S/C15H20Br2N2O2/c1-9(2)5-11(4)18-19-14(20)8-21-15-10(3)6-12(16)7-13(15)17/h6-7,9H,5,8H2,1-4H3,(H,19,20). The SMILES string of the molecule is CC(CC(C)C)=NNC(=O)COc1c(C)cc(Br)cc1Br. The van der Waals surface area contributed by atoms with Crippen LogP contribution in [0, 0.1) is 12.8 Å². The Kier molecular flexibility index (Phi) is 7.39. The zero-order valence-corrected chi connectivity index (χ0v) is 15.8. The molecule has 1 aromatic rings. The molecule has 21 heavy (non-hydrogen) atoms. The highest BCUT2D eigenvalue weighted by atomic mass is 79.9. The third-order valence-corrected chi connectivity index (χ3v) is 3.66. The summed E-state index contributed by atoms with van der Waals surface area (Å²) in [6.07, 6.45) is 0.860. The Hall–Kier alpha value is -0.880. The molecule has 1 amide bonds. The second-order valence-corrected chi connectivity index (χ2v) is 7.07. The first kappa shape index (κ1) is 18.2. The van der Waals surface area contributed by atoms with Crippen LogP contribution >= 0.6 is 31.9 Å². The van der Waals surface area contributed by atoms with Crippen LogP contribution in [0.3, 0.4) is 0 Å². The van der Waals surface area contributed by atoms with E-state index in [0.29, 0.717) is 11.7 Å². The Morgan fingerprint density at radius 2 is 2.05 bits per heavy atom. The summed E-state index contributed by atoms with van der Waals surface area (Å²) in [5, 5.41) is 4.05. The molecule has 0 heterocycles. The molecule has 0 bridgehead atoms. The first-order valence-corrected chi connectivity index (χ1v) is 8.28. The average Bonchev–Trinajstić information content (AvgIpc) is 2.34. The van der Waals surface area contributed by atoms with Gasteiger partial charge in [0.05, 0.1) is 4.47 Å². The van der Waals surface area contributed by atoms with Gasteiger partial charge in [0, 0.05) is 10.2 Å². The highest BCUT2D eigenvalue weighted by molar-refractivity contribution is 9.11. The van der Waals surface area contributed by atoms with Crippen molar-refractivity contribution in [2.45, 2.75) is 34.1 Å². The minimum atomic E-state index is -0.271. The van der Waals surface area contributed by atoms with E-state index in [1.165, 1.54) is 0 Å². The molecule has 0 aromatic heterocycles. The van der Waals surface area contributed by atoms with Crippen LogP contribution in [0.2, 0.25) is 0 Å². The summed E-state index contributed by atoms with van der Waals surface area (Å²) in [5.74, 6) is 0.909. The Labute approximate surface area is 142 Å². The number of aryl methyl sites for hydroxylation is 1. The molecule has 116 valence electrons. The zero-order valence-electron chi connectivity index (χ0n) is 12.7. The number of amides is 1. The summed E-state index contributed by atoms with van der Waals surface area (Å²) >= 11 is 6.83. The Morgan fingerprint density at radius 3 is 2.62 bits per heavy atom. The van der Waals surface area contributed by atoms with Crippen LogP contribution in [0.4, 0.5) is 0 Å². The maximum atomic E-state index is 11.7. The highest BCUT2D eigenvalue weighted by Gasteiger charge is 2.09. The molecular weight excluding hydrogens is 400 g/mol. The van der Waals surface area contributed by atoms with Gasteiger partial charge < -0.3 is 4.74 Å². The van der Waals surface area contributed by atoms with Crippen molar-refractivity contribution in [3.63, 3.8) is 0 Å². The van der Waals surface area contributed by atoms with Crippen LogP contribution in [0.15, 0.2) is 26.2 Å². The molecule has 4 nitrogen and oxygen atoms in total. The summed E-state index contributed by atoms with van der Waals surface area (Å²) in [5.41, 5.74) is 4.36. The molecule has 1 N–H and O–H groups in total. The van der Waals surface area contributed by atoms with Crippen LogP contribution in [-0.2, 0) is 4.79 Å². The number of hydrogen-bond acceptors (Lipinski definition) is 3. The van der Waals surface area contributed by atoms with E-state index in [0.717, 1.165) is 26.6 Å². The number of rotatable bonds is 6. The molecule has 0 saturated carbocycles. The van der Waals surface area contributed by atoms with Gasteiger partial charge in [-0.1, -0.05) is 29.8 Å². The fourth-order valence-electron chi connectivity index (χ4n) is 1.84. The van der Waals surface area contributed by atoms with E-state index in [9.17, 15) is 4.79 Å². The van der Waals surface area contributed by atoms with Gasteiger partial charge in [-0.2, -0.15) is 5.10 Å². The minimum Gasteiger partial charge on any atom is -0.482 e. The van der Waals surface area contributed by atoms with Crippen molar-refractivity contribution in [3.05, 3.63) is 26.6 Å². The van der Waals surface area contributed by atoms with Gasteiger partial charge in [-0.3, -0.25) is 4.79 Å². The molecule has 0 aliphatic rings. The Bertz CT molecular complexity index is 519.